The Bertz CT molecular complexity index is 120. The Morgan fingerprint density at radius 2 is 1.67 bits per heavy atom. The molecule has 74 valence electrons. The summed E-state index contributed by atoms with van der Waals surface area (Å²) in [5, 5.41) is 19.1. The molecule has 0 heterocycles. The van der Waals surface area contributed by atoms with Crippen LogP contribution in [-0.4, -0.2) is 30.1 Å². The molecule has 0 saturated heterocycles. The van der Waals surface area contributed by atoms with E-state index < -0.39 is 8.07 Å². The molecule has 0 bridgehead atoms. The van der Waals surface area contributed by atoms with Gasteiger partial charge < -0.3 is 10.2 Å². The summed E-state index contributed by atoms with van der Waals surface area (Å²) in [7, 11) is -1.46. The number of rotatable bonds is 5. The van der Waals surface area contributed by atoms with Gasteiger partial charge in [0.1, 0.15) is 0 Å². The van der Waals surface area contributed by atoms with Gasteiger partial charge in [-0.2, -0.15) is 0 Å². The highest BCUT2D eigenvalue weighted by Crippen LogP contribution is 2.14. The molecule has 0 aliphatic carbocycles. The van der Waals surface area contributed by atoms with Crippen LogP contribution in [0.25, 0.3) is 0 Å². The topological polar surface area (TPSA) is 40.5 Å². The number of aliphatic hydroxyl groups excluding tert-OH is 2. The summed E-state index contributed by atoms with van der Waals surface area (Å²) >= 11 is 0. The Morgan fingerprint density at radius 1 is 1.17 bits per heavy atom. The fourth-order valence-electron chi connectivity index (χ4n) is 1.06. The predicted molar refractivity (Wildman–Crippen MR) is 54.9 cm³/mol. The van der Waals surface area contributed by atoms with E-state index in [1.807, 2.05) is 6.92 Å². The molecule has 0 rings (SSSR count). The van der Waals surface area contributed by atoms with Gasteiger partial charge in [-0.05, 0) is 12.8 Å². The lowest BCUT2D eigenvalue weighted by Crippen LogP contribution is -2.40. The van der Waals surface area contributed by atoms with Crippen molar-refractivity contribution in [3.8, 4) is 0 Å². The van der Waals surface area contributed by atoms with Gasteiger partial charge in [0, 0.05) is 5.73 Å². The second-order valence-electron chi connectivity index (χ2n) is 4.56. The smallest absolute Gasteiger partial charge is 0.0782 e. The van der Waals surface area contributed by atoms with Crippen molar-refractivity contribution in [2.75, 3.05) is 0 Å². The molecule has 12 heavy (non-hydrogen) atoms. The summed E-state index contributed by atoms with van der Waals surface area (Å²) in [6.07, 6.45) is 2.04. The van der Waals surface area contributed by atoms with Crippen LogP contribution in [0.2, 0.25) is 19.6 Å². The fraction of sp³-hybridized carbons (Fsp3) is 1.00. The molecule has 2 N–H and O–H groups in total. The lowest BCUT2D eigenvalue weighted by molar-refractivity contribution is 0.106. The lowest BCUT2D eigenvalue weighted by Gasteiger charge is -2.25. The summed E-state index contributed by atoms with van der Waals surface area (Å²) < 4.78 is 0. The first-order valence-electron chi connectivity index (χ1n) is 4.74. The van der Waals surface area contributed by atoms with Crippen LogP contribution in [0.3, 0.4) is 0 Å². The Balaban J connectivity index is 3.76. The van der Waals surface area contributed by atoms with Gasteiger partial charge in [0.2, 0.25) is 0 Å². The van der Waals surface area contributed by atoms with Gasteiger partial charge in [-0.3, -0.25) is 0 Å². The average Bonchev–Trinajstić information content (AvgIpc) is 1.85. The Labute approximate surface area is 76.6 Å². The molecular formula is C9H22O2Si. The van der Waals surface area contributed by atoms with Gasteiger partial charge in [-0.15, -0.1) is 0 Å². The minimum atomic E-state index is -1.46. The summed E-state index contributed by atoms with van der Waals surface area (Å²) in [5.74, 6) is 0. The summed E-state index contributed by atoms with van der Waals surface area (Å²) in [5.41, 5.74) is -0.265. The van der Waals surface area contributed by atoms with Crippen molar-refractivity contribution in [2.24, 2.45) is 0 Å². The van der Waals surface area contributed by atoms with Gasteiger partial charge in [0.15, 0.2) is 0 Å². The number of hydrogen-bond donors (Lipinski definition) is 2. The van der Waals surface area contributed by atoms with Crippen molar-refractivity contribution in [2.45, 2.75) is 57.7 Å². The normalized spacial score (nSPS) is 17.5. The highest BCUT2D eigenvalue weighted by Gasteiger charge is 2.26. The fourth-order valence-corrected chi connectivity index (χ4v) is 2.04. The molecule has 0 amide bonds. The van der Waals surface area contributed by atoms with Crippen LogP contribution < -0.4 is 0 Å². The maximum Gasteiger partial charge on any atom is 0.0782 e. The number of aliphatic hydroxyl groups is 2. The van der Waals surface area contributed by atoms with Crippen molar-refractivity contribution < 1.29 is 10.2 Å². The highest BCUT2D eigenvalue weighted by atomic mass is 28.3. The molecule has 0 aliphatic rings. The van der Waals surface area contributed by atoms with Crippen molar-refractivity contribution in [1.82, 2.24) is 0 Å². The molecule has 2 atom stereocenters. The Kier molecular flexibility index (Phi) is 5.05. The summed E-state index contributed by atoms with van der Waals surface area (Å²) in [6, 6.07) is 0. The zero-order valence-corrected chi connectivity index (χ0v) is 9.67. The van der Waals surface area contributed by atoms with Gasteiger partial charge >= 0.3 is 0 Å². The van der Waals surface area contributed by atoms with Crippen LogP contribution >= 0.6 is 0 Å². The quantitative estimate of drug-likeness (QED) is 0.649. The third kappa shape index (κ3) is 4.90. The molecule has 0 aromatic carbocycles. The summed E-state index contributed by atoms with van der Waals surface area (Å²) in [4.78, 5) is 0. The predicted octanol–water partition coefficient (Wildman–Crippen LogP) is 1.78. The highest BCUT2D eigenvalue weighted by molar-refractivity contribution is 6.77. The van der Waals surface area contributed by atoms with E-state index in [0.717, 1.165) is 12.8 Å². The molecule has 0 saturated carbocycles. The van der Waals surface area contributed by atoms with Crippen LogP contribution in [0, 0.1) is 0 Å². The van der Waals surface area contributed by atoms with E-state index in [4.69, 9.17) is 0 Å². The van der Waals surface area contributed by atoms with Crippen LogP contribution in [-0.2, 0) is 0 Å². The largest absolute Gasteiger partial charge is 0.396 e. The third-order valence-corrected chi connectivity index (χ3v) is 4.35. The molecule has 2 nitrogen and oxygen atoms in total. The lowest BCUT2D eigenvalue weighted by atomic mass is 10.1. The average molecular weight is 190 g/mol. The van der Waals surface area contributed by atoms with Crippen LogP contribution in [0.5, 0.6) is 0 Å². The summed E-state index contributed by atoms with van der Waals surface area (Å²) in [6.45, 7) is 8.41. The van der Waals surface area contributed by atoms with E-state index in [1.165, 1.54) is 0 Å². The first-order valence-corrected chi connectivity index (χ1v) is 8.31. The van der Waals surface area contributed by atoms with Crippen molar-refractivity contribution in [1.29, 1.82) is 0 Å². The Hall–Kier alpha value is 0.137. The van der Waals surface area contributed by atoms with Crippen molar-refractivity contribution >= 4 is 8.07 Å². The zero-order chi connectivity index (χ0) is 9.78. The van der Waals surface area contributed by atoms with E-state index in [1.54, 1.807) is 0 Å². The van der Waals surface area contributed by atoms with Gasteiger partial charge in [0.25, 0.3) is 0 Å². The minimum Gasteiger partial charge on any atom is -0.396 e. The number of hydrogen-bond acceptors (Lipinski definition) is 2. The molecule has 3 heteroatoms. The molecule has 0 spiro atoms. The first-order chi connectivity index (χ1) is 5.38. The van der Waals surface area contributed by atoms with E-state index in [2.05, 4.69) is 19.6 Å². The SMILES string of the molecule is CCCC(O)CC(O)[Si](C)(C)C. The van der Waals surface area contributed by atoms with Gasteiger partial charge in [-0.1, -0.05) is 33.0 Å². The maximum absolute atomic E-state index is 9.68. The molecule has 0 radical (unpaired) electrons. The van der Waals surface area contributed by atoms with Crippen LogP contribution in [0.1, 0.15) is 26.2 Å². The zero-order valence-electron chi connectivity index (χ0n) is 8.67. The van der Waals surface area contributed by atoms with Crippen molar-refractivity contribution in [3.05, 3.63) is 0 Å². The van der Waals surface area contributed by atoms with Crippen LogP contribution in [0.4, 0.5) is 0 Å². The van der Waals surface area contributed by atoms with Crippen LogP contribution in [0.15, 0.2) is 0 Å². The first kappa shape index (κ1) is 12.1. The second-order valence-corrected chi connectivity index (χ2v) is 9.96. The maximum atomic E-state index is 9.68. The third-order valence-electron chi connectivity index (χ3n) is 2.12. The second kappa shape index (κ2) is 4.99. The van der Waals surface area contributed by atoms with E-state index >= 15 is 0 Å². The van der Waals surface area contributed by atoms with Gasteiger partial charge in [0.05, 0.1) is 14.2 Å². The van der Waals surface area contributed by atoms with E-state index in [-0.39, 0.29) is 11.8 Å². The monoisotopic (exact) mass is 190 g/mol. The molecule has 2 unspecified atom stereocenters. The minimum absolute atomic E-state index is 0.265. The Morgan fingerprint density at radius 3 is 2.00 bits per heavy atom. The molecule has 0 aromatic rings. The molecule has 0 aromatic heterocycles. The molecular weight excluding hydrogens is 168 g/mol. The standard InChI is InChI=1S/C9H22O2Si/c1-5-6-8(10)7-9(11)12(2,3)4/h8-11H,5-7H2,1-4H3. The van der Waals surface area contributed by atoms with E-state index in [0.29, 0.717) is 6.42 Å². The van der Waals surface area contributed by atoms with Gasteiger partial charge in [-0.25, -0.2) is 0 Å². The molecule has 0 fully saturated rings. The van der Waals surface area contributed by atoms with E-state index in [9.17, 15) is 10.2 Å². The van der Waals surface area contributed by atoms with Crippen molar-refractivity contribution in [3.63, 3.8) is 0 Å². The molecule has 0 aliphatic heterocycles.